The number of fused-ring (bicyclic) bond motifs is 14. The predicted molar refractivity (Wildman–Crippen MR) is 518 cm³/mol. The Labute approximate surface area is 840 Å². The molecule has 7 aromatic carbocycles. The summed E-state index contributed by atoms with van der Waals surface area (Å²) >= 11 is 15.5. The summed E-state index contributed by atoms with van der Waals surface area (Å²) in [6.07, 6.45) is -8.92. The molecule has 0 saturated carbocycles. The number of hydrogen-bond donors (Lipinski definition) is 19. The van der Waals surface area contributed by atoms with E-state index in [1.165, 1.54) is 67.7 Å². The van der Waals surface area contributed by atoms with Gasteiger partial charge in [0.1, 0.15) is 132 Å². The van der Waals surface area contributed by atoms with Gasteiger partial charge in [0.05, 0.1) is 22.6 Å². The fourth-order valence-corrected chi connectivity index (χ4v) is 24.5. The van der Waals surface area contributed by atoms with Crippen molar-refractivity contribution in [2.45, 2.75) is 232 Å². The van der Waals surface area contributed by atoms with Crippen LogP contribution in [0.4, 0.5) is 0 Å². The van der Waals surface area contributed by atoms with Crippen molar-refractivity contribution in [3.63, 3.8) is 0 Å². The number of aliphatic hydroxyl groups excluding tert-OH is 7. The summed E-state index contributed by atoms with van der Waals surface area (Å²) in [7, 11) is 1.81. The maximum Gasteiger partial charge on any atom is 0.417 e. The number of aliphatic hydroxyl groups is 7. The third-order valence-electron chi connectivity index (χ3n) is 27.4. The molecule has 11 heterocycles. The highest BCUT2D eigenvalue weighted by Crippen LogP contribution is 2.71. The molecular formula is C100H122Cl2N13O28P. The molecule has 8 amide bonds. The van der Waals surface area contributed by atoms with E-state index in [2.05, 4.69) is 68.8 Å². The van der Waals surface area contributed by atoms with E-state index >= 15 is 33.6 Å². The molecule has 5 saturated heterocycles. The van der Waals surface area contributed by atoms with Crippen molar-refractivity contribution in [2.75, 3.05) is 80.1 Å². The molecule has 17 bridgehead atoms. The van der Waals surface area contributed by atoms with E-state index in [0.717, 1.165) is 138 Å². The number of amides is 8. The second kappa shape index (κ2) is 46.4. The first-order valence-corrected chi connectivity index (χ1v) is 51.1. The molecule has 0 radical (unpaired) electrons. The lowest BCUT2D eigenvalue weighted by atomic mass is 9.89. The number of carboxylic acid groups (broad SMARTS) is 1. The standard InChI is InChI=1S/C100H122Cl2N13O28P/c1-5-6-7-8-9-10-11-12-13-21-73(120)106-82-85(123)87(125)90(98(134)135)142-99(82)141-89-70-44-55-45-71(89)138-66-31-26-54(42-62(66)101)83(121)81-97(133)110-79(92(128)104-32-20-33-112(3)4)60-46-56(117)47-68(139-100-88(126)86(124)84(122)72(50-116)140-100)74(60)59-41-52(24-29-64(59)118)77(94(130)111-81)107-95(131)78(55)108-96(132)80-61-48-58(49-69(75(61)102)143-144(113-34-14-15-35-113,114-36-16-17-37-114)115-38-18-19-39-115)137-67-43-53(25-30-65(67)119)76(103-2)93(129)105-63(91(127)109-80)40-51-22-27-57(136-70)28-23-51/h22-31,41-49,63,72,76-88,90,99-100,103,116,121-126H,5-21,32-40,50H2,1-4H3,(H11-,104,105,106,107,108,109,110,111,117,118,119,120,127,128,129,130,131,132,133,134,135)/t63-,72-,76+,77-,78-,79+,80+,81+,82-,83-,84-,85-,86+,87+,88+,90+,99-,100+/m1/s1. The number of halogens is 2. The number of aromatic hydroxyl groups is 3. The fourth-order valence-electron chi connectivity index (χ4n) is 19.7. The molecule has 0 aromatic heterocycles. The molecular weight excluding hydrogens is 1930 g/mol. The highest BCUT2D eigenvalue weighted by Gasteiger charge is 2.63. The minimum absolute atomic E-state index is 0.0812. The summed E-state index contributed by atoms with van der Waals surface area (Å²) in [5.41, 5.74) is -2.29. The zero-order valence-corrected chi connectivity index (χ0v) is 82.2. The Morgan fingerprint density at radius 3 is 1.79 bits per heavy atom. The monoisotopic (exact) mass is 2050 g/mol. The maximum atomic E-state index is 17.4. The summed E-state index contributed by atoms with van der Waals surface area (Å²) in [6, 6.07) is 7.26. The van der Waals surface area contributed by atoms with Gasteiger partial charge in [-0.25, -0.2) is 0 Å². The second-order valence-corrected chi connectivity index (χ2v) is 41.5. The van der Waals surface area contributed by atoms with E-state index in [0.29, 0.717) is 70.6 Å². The van der Waals surface area contributed by atoms with Crippen molar-refractivity contribution in [3.05, 3.63) is 164 Å². The van der Waals surface area contributed by atoms with Gasteiger partial charge >= 0.3 is 7.94 Å². The number of benzene rings is 7. The summed E-state index contributed by atoms with van der Waals surface area (Å²) in [5.74, 6) is -16.8. The van der Waals surface area contributed by atoms with Crippen molar-refractivity contribution in [1.82, 2.24) is 66.8 Å². The molecule has 41 nitrogen and oxygen atoms in total. The summed E-state index contributed by atoms with van der Waals surface area (Å²) in [6.45, 7) is 5.14. The van der Waals surface area contributed by atoms with E-state index in [1.807, 2.05) is 4.90 Å². The van der Waals surface area contributed by atoms with Crippen LogP contribution in [-0.4, -0.2) is 277 Å². The number of ether oxygens (including phenoxy) is 7. The number of phenolic OH excluding ortho intramolecular Hbond substituents is 3. The number of likely N-dealkylation sites (N-methyl/N-ethyl adjacent to an activating group) is 1. The van der Waals surface area contributed by atoms with Crippen LogP contribution in [-0.2, 0) is 59.0 Å². The number of carbonyl (C=O) groups excluding carboxylic acids is 9. The van der Waals surface area contributed by atoms with Crippen molar-refractivity contribution in [1.29, 1.82) is 0 Å². The van der Waals surface area contributed by atoms with E-state index in [4.69, 9.17) is 60.9 Å². The Hall–Kier alpha value is -11.6. The van der Waals surface area contributed by atoms with Crippen molar-refractivity contribution in [2.24, 2.45) is 0 Å². The molecule has 144 heavy (non-hydrogen) atoms. The third-order valence-corrected chi connectivity index (χ3v) is 31.9. The molecule has 0 unspecified atom stereocenters. The van der Waals surface area contributed by atoms with Gasteiger partial charge in [-0.1, -0.05) is 112 Å². The Bertz CT molecular complexity index is 5840. The van der Waals surface area contributed by atoms with Crippen molar-refractivity contribution < 1.29 is 137 Å². The average Bonchev–Trinajstić information content (AvgIpc) is 1.71. The summed E-state index contributed by atoms with van der Waals surface area (Å²) in [4.78, 5) is 144. The van der Waals surface area contributed by atoms with Crippen LogP contribution in [0.3, 0.4) is 0 Å². The number of carbonyl (C=O) groups is 9. The van der Waals surface area contributed by atoms with E-state index in [-0.39, 0.29) is 64.1 Å². The highest BCUT2D eigenvalue weighted by molar-refractivity contribution is 7.64. The van der Waals surface area contributed by atoms with Crippen LogP contribution >= 0.6 is 31.1 Å². The molecule has 0 spiro atoms. The van der Waals surface area contributed by atoms with E-state index in [9.17, 15) is 65.8 Å². The number of hydrogen-bond acceptors (Lipinski definition) is 33. The lowest BCUT2D eigenvalue weighted by Crippen LogP contribution is -2.67. The van der Waals surface area contributed by atoms with Crippen LogP contribution in [0, 0.1) is 0 Å². The molecule has 11 aliphatic heterocycles. The molecule has 18 atom stereocenters. The molecule has 774 valence electrons. The highest BCUT2D eigenvalue weighted by atomic mass is 35.5. The van der Waals surface area contributed by atoms with Crippen LogP contribution in [0.2, 0.25) is 10.0 Å². The van der Waals surface area contributed by atoms with Crippen LogP contribution < -0.4 is 81.2 Å². The third kappa shape index (κ3) is 23.1. The molecule has 44 heteroatoms. The number of rotatable bonds is 28. The van der Waals surface area contributed by atoms with Crippen molar-refractivity contribution >= 4 is 84.4 Å². The Balaban J connectivity index is 0.930. The smallest absolute Gasteiger partial charge is 0.417 e. The quantitative estimate of drug-likeness (QED) is 0.0209. The summed E-state index contributed by atoms with van der Waals surface area (Å²) in [5, 5.41) is 155. The van der Waals surface area contributed by atoms with E-state index < -0.39 is 256 Å². The van der Waals surface area contributed by atoms with Gasteiger partial charge in [0, 0.05) is 87.5 Å². The van der Waals surface area contributed by atoms with E-state index in [1.54, 1.807) is 14.1 Å². The number of nitrogens with one attached hydrogen (secondary N) is 9. The normalized spacial score (nSPS) is 26.4. The molecule has 19 N–H and O–H groups in total. The van der Waals surface area contributed by atoms with Gasteiger partial charge in [0.25, 0.3) is 0 Å². The fraction of sp³-hybridized carbons (Fsp3) is 0.490. The van der Waals surface area contributed by atoms with Gasteiger partial charge in [-0.15, -0.1) is 14.0 Å². The van der Waals surface area contributed by atoms with Crippen LogP contribution in [0.25, 0.3) is 11.1 Å². The second-order valence-electron chi connectivity index (χ2n) is 37.8. The Morgan fingerprint density at radius 2 is 1.15 bits per heavy atom. The number of aliphatic carboxylic acids is 1. The first-order chi connectivity index (χ1) is 69.2. The zero-order valence-electron chi connectivity index (χ0n) is 79.8. The first-order valence-electron chi connectivity index (χ1n) is 48.8. The van der Waals surface area contributed by atoms with Gasteiger partial charge in [-0.2, -0.15) is 0 Å². The number of nitrogens with zero attached hydrogens (tertiary/aromatic N) is 4. The molecule has 18 rings (SSSR count). The Kier molecular flexibility index (Phi) is 33.9. The predicted octanol–water partition coefficient (Wildman–Crippen LogP) is 5.62. The number of unbranched alkanes of at least 4 members (excludes halogenated alkanes) is 8. The average molecular weight is 2060 g/mol. The minimum Gasteiger partial charge on any atom is -0.547 e. The number of carboxylic acids is 1. The van der Waals surface area contributed by atoms with Crippen LogP contribution in [0.5, 0.6) is 69.0 Å². The first kappa shape index (κ1) is 105. The lowest BCUT2D eigenvalue weighted by molar-refractivity contribution is -0.336. The van der Waals surface area contributed by atoms with Gasteiger partial charge in [-0.05, 0) is 185 Å². The molecule has 11 aliphatic rings. The zero-order chi connectivity index (χ0) is 102. The topological polar surface area (TPSA) is 574 Å². The SMILES string of the molecule is CCCCCCCCCCCC(=O)N[C@H]1[C@H](Oc2c3cc4cc2Oc2ccc(cc2Cl)[C@@H](O)[C@@H]2NC(=O)[C@H](NC(=O)[C@@H]4NC(=O)[C@H]4NC(=O)[C@@H](Cc5ccc(cc5)O3)NC(=O)[C@@H](NC)c3ccc(O)c(c3)Oc3cc(O[P+](N5CCCC5)(N5CCCC5)N5CCCC5)c(Cl)c4c3)c3ccc(O)c(c3)-c3c(O[C@H]4O[C@H](CO)[C@@H](O)[C@H](O)[C@@H]4O)cc(O)cc3[C@@H](C(=O)NCCCN(C)C)NC2=O)O[C@H](C(=O)[O-])[C@@H](O)[C@@H]1O. The molecule has 7 aromatic rings. The van der Waals surface area contributed by atoms with Gasteiger partial charge in [0.2, 0.25) is 71.3 Å². The number of phenols is 3. The van der Waals surface area contributed by atoms with Gasteiger partial charge in [0.15, 0.2) is 23.0 Å². The largest absolute Gasteiger partial charge is 0.547 e. The summed E-state index contributed by atoms with van der Waals surface area (Å²) < 4.78 is 60.5. The molecule has 0 aliphatic carbocycles. The lowest BCUT2D eigenvalue weighted by Gasteiger charge is -2.43. The van der Waals surface area contributed by atoms with Gasteiger partial charge < -0.3 is 147 Å². The van der Waals surface area contributed by atoms with Crippen molar-refractivity contribution in [3.8, 4) is 80.1 Å². The maximum absolute atomic E-state index is 17.4. The van der Waals surface area contributed by atoms with Crippen LogP contribution in [0.15, 0.2) is 115 Å². The molecule has 5 fully saturated rings. The minimum atomic E-state index is -3.22. The van der Waals surface area contributed by atoms with Crippen LogP contribution in [0.1, 0.15) is 191 Å². The van der Waals surface area contributed by atoms with Gasteiger partial charge in [-0.3, -0.25) is 42.9 Å². The Morgan fingerprint density at radius 1 is 0.542 bits per heavy atom.